The standard InChI is InChI=1S/C15H15BrN2O2/c1-10-8-17-6-5-11(10)9-18-15(19)13-4-3-12(16)7-14(13)20-2/h3-8H,9H2,1-2H3,(H,18,19). The van der Waals surface area contributed by atoms with Crippen LogP contribution >= 0.6 is 15.9 Å². The van der Waals surface area contributed by atoms with Crippen molar-refractivity contribution >= 4 is 21.8 Å². The van der Waals surface area contributed by atoms with Crippen LogP contribution in [0, 0.1) is 6.92 Å². The van der Waals surface area contributed by atoms with E-state index in [0.717, 1.165) is 15.6 Å². The molecular weight excluding hydrogens is 320 g/mol. The van der Waals surface area contributed by atoms with Gasteiger partial charge >= 0.3 is 0 Å². The number of rotatable bonds is 4. The molecule has 0 aliphatic carbocycles. The molecular formula is C15H15BrN2O2. The van der Waals surface area contributed by atoms with Crippen LogP contribution in [-0.2, 0) is 6.54 Å². The fourth-order valence-electron chi connectivity index (χ4n) is 1.82. The average Bonchev–Trinajstić information content (AvgIpc) is 2.46. The number of methoxy groups -OCH3 is 1. The zero-order chi connectivity index (χ0) is 14.5. The molecule has 5 heteroatoms. The van der Waals surface area contributed by atoms with Gasteiger partial charge in [-0.15, -0.1) is 0 Å². The van der Waals surface area contributed by atoms with Crippen molar-refractivity contribution in [2.75, 3.05) is 7.11 Å². The third-order valence-corrected chi connectivity index (χ3v) is 3.48. The van der Waals surface area contributed by atoms with E-state index >= 15 is 0 Å². The summed E-state index contributed by atoms with van der Waals surface area (Å²) in [7, 11) is 1.55. The van der Waals surface area contributed by atoms with E-state index in [1.165, 1.54) is 0 Å². The molecule has 0 aliphatic heterocycles. The first-order chi connectivity index (χ1) is 9.61. The number of amides is 1. The summed E-state index contributed by atoms with van der Waals surface area (Å²) in [5.74, 6) is 0.383. The molecule has 0 saturated carbocycles. The Morgan fingerprint density at radius 1 is 1.40 bits per heavy atom. The molecule has 104 valence electrons. The number of carbonyl (C=O) groups excluding carboxylic acids is 1. The van der Waals surface area contributed by atoms with E-state index in [1.54, 1.807) is 31.6 Å². The number of benzene rings is 1. The summed E-state index contributed by atoms with van der Waals surface area (Å²) in [5.41, 5.74) is 2.61. The van der Waals surface area contributed by atoms with Gasteiger partial charge in [-0.05, 0) is 42.3 Å². The summed E-state index contributed by atoms with van der Waals surface area (Å²) in [6.07, 6.45) is 3.50. The van der Waals surface area contributed by atoms with Gasteiger partial charge in [-0.1, -0.05) is 15.9 Å². The van der Waals surface area contributed by atoms with Gasteiger partial charge in [0.15, 0.2) is 0 Å². The zero-order valence-electron chi connectivity index (χ0n) is 11.3. The molecule has 1 amide bonds. The smallest absolute Gasteiger partial charge is 0.255 e. The molecule has 20 heavy (non-hydrogen) atoms. The van der Waals surface area contributed by atoms with Crippen molar-refractivity contribution in [2.24, 2.45) is 0 Å². The fraction of sp³-hybridized carbons (Fsp3) is 0.200. The second-order valence-electron chi connectivity index (χ2n) is 4.33. The number of nitrogens with zero attached hydrogens (tertiary/aromatic N) is 1. The Morgan fingerprint density at radius 3 is 2.90 bits per heavy atom. The molecule has 1 N–H and O–H groups in total. The summed E-state index contributed by atoms with van der Waals surface area (Å²) < 4.78 is 6.09. The monoisotopic (exact) mass is 334 g/mol. The molecule has 2 rings (SSSR count). The number of aryl methyl sites for hydroxylation is 1. The molecule has 0 unspecified atom stereocenters. The molecule has 4 nitrogen and oxygen atoms in total. The molecule has 0 bridgehead atoms. The predicted molar refractivity (Wildman–Crippen MR) is 80.8 cm³/mol. The lowest BCUT2D eigenvalue weighted by Crippen LogP contribution is -2.23. The van der Waals surface area contributed by atoms with Gasteiger partial charge in [-0.3, -0.25) is 9.78 Å². The molecule has 0 saturated heterocycles. The number of pyridine rings is 1. The SMILES string of the molecule is COc1cc(Br)ccc1C(=O)NCc1ccncc1C. The van der Waals surface area contributed by atoms with E-state index in [-0.39, 0.29) is 5.91 Å². The second kappa shape index (κ2) is 6.52. The maximum atomic E-state index is 12.2. The molecule has 1 aromatic heterocycles. The number of hydrogen-bond acceptors (Lipinski definition) is 3. The Hall–Kier alpha value is -1.88. The summed E-state index contributed by atoms with van der Waals surface area (Å²) >= 11 is 3.35. The quantitative estimate of drug-likeness (QED) is 0.934. The van der Waals surface area contributed by atoms with Crippen molar-refractivity contribution in [3.8, 4) is 5.75 Å². The molecule has 0 radical (unpaired) electrons. The van der Waals surface area contributed by atoms with E-state index in [1.807, 2.05) is 19.1 Å². The maximum Gasteiger partial charge on any atom is 0.255 e. The van der Waals surface area contributed by atoms with Gasteiger partial charge in [0.2, 0.25) is 0 Å². The highest BCUT2D eigenvalue weighted by atomic mass is 79.9. The van der Waals surface area contributed by atoms with E-state index in [9.17, 15) is 4.79 Å². The summed E-state index contributed by atoms with van der Waals surface area (Å²) in [6.45, 7) is 2.43. The van der Waals surface area contributed by atoms with Crippen molar-refractivity contribution in [1.82, 2.24) is 10.3 Å². The summed E-state index contributed by atoms with van der Waals surface area (Å²) in [4.78, 5) is 16.2. The van der Waals surface area contributed by atoms with Gasteiger partial charge in [0.1, 0.15) is 5.75 Å². The molecule has 0 aliphatic rings. The van der Waals surface area contributed by atoms with Gasteiger partial charge < -0.3 is 10.1 Å². The lowest BCUT2D eigenvalue weighted by atomic mass is 10.1. The van der Waals surface area contributed by atoms with Crippen LogP contribution in [-0.4, -0.2) is 18.0 Å². The fourth-order valence-corrected chi connectivity index (χ4v) is 2.16. The van der Waals surface area contributed by atoms with E-state index in [2.05, 4.69) is 26.2 Å². The highest BCUT2D eigenvalue weighted by molar-refractivity contribution is 9.10. The van der Waals surface area contributed by atoms with Gasteiger partial charge in [0, 0.05) is 23.4 Å². The first kappa shape index (κ1) is 14.5. The van der Waals surface area contributed by atoms with Crippen molar-refractivity contribution in [2.45, 2.75) is 13.5 Å². The van der Waals surface area contributed by atoms with Crippen LogP contribution in [0.5, 0.6) is 5.75 Å². The third-order valence-electron chi connectivity index (χ3n) is 2.98. The normalized spacial score (nSPS) is 10.2. The van der Waals surface area contributed by atoms with Crippen LogP contribution in [0.25, 0.3) is 0 Å². The van der Waals surface area contributed by atoms with Gasteiger partial charge in [0.25, 0.3) is 5.91 Å². The number of carbonyl (C=O) groups is 1. The largest absolute Gasteiger partial charge is 0.496 e. The Labute approximate surface area is 126 Å². The molecule has 1 aromatic carbocycles. The molecule has 2 aromatic rings. The Morgan fingerprint density at radius 2 is 2.20 bits per heavy atom. The molecule has 0 fully saturated rings. The van der Waals surface area contributed by atoms with Gasteiger partial charge in [0.05, 0.1) is 12.7 Å². The molecule has 0 spiro atoms. The minimum Gasteiger partial charge on any atom is -0.496 e. The molecule has 1 heterocycles. The van der Waals surface area contributed by atoms with Crippen molar-refractivity contribution in [1.29, 1.82) is 0 Å². The Bertz CT molecular complexity index is 629. The van der Waals surface area contributed by atoms with Crippen LogP contribution in [0.4, 0.5) is 0 Å². The number of ether oxygens (including phenoxy) is 1. The highest BCUT2D eigenvalue weighted by Gasteiger charge is 2.12. The van der Waals surface area contributed by atoms with Gasteiger partial charge in [-0.25, -0.2) is 0 Å². The van der Waals surface area contributed by atoms with E-state index in [0.29, 0.717) is 17.9 Å². The number of aromatic nitrogens is 1. The topological polar surface area (TPSA) is 51.2 Å². The summed E-state index contributed by atoms with van der Waals surface area (Å²) in [5, 5.41) is 2.89. The van der Waals surface area contributed by atoms with Gasteiger partial charge in [-0.2, -0.15) is 0 Å². The Kier molecular flexibility index (Phi) is 4.74. The number of nitrogens with one attached hydrogen (secondary N) is 1. The lowest BCUT2D eigenvalue weighted by molar-refractivity contribution is 0.0948. The van der Waals surface area contributed by atoms with E-state index < -0.39 is 0 Å². The highest BCUT2D eigenvalue weighted by Crippen LogP contribution is 2.23. The van der Waals surface area contributed by atoms with Crippen LogP contribution in [0.3, 0.4) is 0 Å². The van der Waals surface area contributed by atoms with Crippen LogP contribution in [0.1, 0.15) is 21.5 Å². The zero-order valence-corrected chi connectivity index (χ0v) is 12.9. The first-order valence-electron chi connectivity index (χ1n) is 6.13. The summed E-state index contributed by atoms with van der Waals surface area (Å²) in [6, 6.07) is 7.22. The van der Waals surface area contributed by atoms with E-state index in [4.69, 9.17) is 4.74 Å². The predicted octanol–water partition coefficient (Wildman–Crippen LogP) is 3.09. The van der Waals surface area contributed by atoms with Crippen molar-refractivity contribution in [3.63, 3.8) is 0 Å². The van der Waals surface area contributed by atoms with Crippen LogP contribution in [0.2, 0.25) is 0 Å². The maximum absolute atomic E-state index is 12.2. The number of halogens is 1. The Balaban J connectivity index is 2.11. The lowest BCUT2D eigenvalue weighted by Gasteiger charge is -2.10. The average molecular weight is 335 g/mol. The minimum atomic E-state index is -0.162. The first-order valence-corrected chi connectivity index (χ1v) is 6.92. The van der Waals surface area contributed by atoms with Crippen molar-refractivity contribution < 1.29 is 9.53 Å². The minimum absolute atomic E-state index is 0.162. The van der Waals surface area contributed by atoms with Crippen LogP contribution in [0.15, 0.2) is 41.1 Å². The molecule has 0 atom stereocenters. The van der Waals surface area contributed by atoms with Crippen molar-refractivity contribution in [3.05, 3.63) is 57.8 Å². The third kappa shape index (κ3) is 3.36. The second-order valence-corrected chi connectivity index (χ2v) is 5.25. The van der Waals surface area contributed by atoms with Crippen LogP contribution < -0.4 is 10.1 Å². The number of hydrogen-bond donors (Lipinski definition) is 1.